The molecule has 4 aliphatic carbocycles. The van der Waals surface area contributed by atoms with E-state index in [9.17, 15) is 24.0 Å². The van der Waals surface area contributed by atoms with Gasteiger partial charge in [0.25, 0.3) is 0 Å². The summed E-state index contributed by atoms with van der Waals surface area (Å²) in [7, 11) is 0. The monoisotopic (exact) mass is 619 g/mol. The van der Waals surface area contributed by atoms with Gasteiger partial charge in [-0.05, 0) is 93.3 Å². The molecule has 0 radical (unpaired) electrons. The van der Waals surface area contributed by atoms with Crippen LogP contribution in [-0.2, 0) is 42.9 Å². The van der Waals surface area contributed by atoms with Crippen molar-refractivity contribution in [1.82, 2.24) is 5.32 Å². The van der Waals surface area contributed by atoms with Crippen molar-refractivity contribution in [2.45, 2.75) is 125 Å². The number of rotatable bonds is 10. The maximum atomic E-state index is 12.6. The van der Waals surface area contributed by atoms with Crippen LogP contribution in [0.1, 0.15) is 106 Å². The summed E-state index contributed by atoms with van der Waals surface area (Å²) in [5.41, 5.74) is -0.400. The Morgan fingerprint density at radius 2 is 1.55 bits per heavy atom. The van der Waals surface area contributed by atoms with Gasteiger partial charge in [-0.1, -0.05) is 20.8 Å². The molecule has 1 amide bonds. The van der Waals surface area contributed by atoms with Crippen LogP contribution in [0.15, 0.2) is 0 Å². The number of ether oxygens (including phenoxy) is 4. The number of carbonyl (C=O) groups is 5. The summed E-state index contributed by atoms with van der Waals surface area (Å²) < 4.78 is 22.9. The molecule has 10 nitrogen and oxygen atoms in total. The molecule has 0 aromatic heterocycles. The molecular formula is C34H53NO9. The van der Waals surface area contributed by atoms with Gasteiger partial charge < -0.3 is 24.3 Å². The Morgan fingerprint density at radius 1 is 0.864 bits per heavy atom. The Morgan fingerprint density at radius 3 is 2.18 bits per heavy atom. The van der Waals surface area contributed by atoms with E-state index in [2.05, 4.69) is 26.1 Å². The van der Waals surface area contributed by atoms with E-state index in [1.165, 1.54) is 20.8 Å². The fourth-order valence-electron chi connectivity index (χ4n) is 10.1. The first-order valence-corrected chi connectivity index (χ1v) is 16.6. The smallest absolute Gasteiger partial charge is 0.325 e. The van der Waals surface area contributed by atoms with Crippen LogP contribution in [0.25, 0.3) is 0 Å². The molecule has 44 heavy (non-hydrogen) atoms. The van der Waals surface area contributed by atoms with Crippen LogP contribution < -0.4 is 5.32 Å². The van der Waals surface area contributed by atoms with Crippen LogP contribution in [0.5, 0.6) is 0 Å². The number of hydrogen-bond donors (Lipinski definition) is 1. The molecule has 4 saturated carbocycles. The third-order valence-corrected chi connectivity index (χ3v) is 12.0. The second kappa shape index (κ2) is 13.8. The lowest BCUT2D eigenvalue weighted by molar-refractivity contribution is -0.224. The highest BCUT2D eigenvalue weighted by Crippen LogP contribution is 2.69. The van der Waals surface area contributed by atoms with E-state index in [1.807, 2.05) is 0 Å². The molecule has 0 spiro atoms. The number of amides is 1. The van der Waals surface area contributed by atoms with Crippen LogP contribution in [0, 0.1) is 46.3 Å². The molecule has 0 heterocycles. The lowest BCUT2D eigenvalue weighted by Crippen LogP contribution is -2.63. The Balaban J connectivity index is 1.59. The van der Waals surface area contributed by atoms with Crippen molar-refractivity contribution in [1.29, 1.82) is 0 Å². The van der Waals surface area contributed by atoms with E-state index in [4.69, 9.17) is 18.9 Å². The molecule has 0 saturated heterocycles. The van der Waals surface area contributed by atoms with Gasteiger partial charge in [0, 0.05) is 38.5 Å². The van der Waals surface area contributed by atoms with Crippen molar-refractivity contribution < 1.29 is 42.9 Å². The van der Waals surface area contributed by atoms with E-state index < -0.39 is 5.97 Å². The molecule has 10 heteroatoms. The summed E-state index contributed by atoms with van der Waals surface area (Å²) in [5.74, 6) is -0.382. The number of esters is 4. The predicted octanol–water partition coefficient (Wildman–Crippen LogP) is 4.76. The van der Waals surface area contributed by atoms with Crippen molar-refractivity contribution in [3.05, 3.63) is 0 Å². The Labute approximate surface area is 262 Å². The number of nitrogens with one attached hydrogen (secondary N) is 1. The summed E-state index contributed by atoms with van der Waals surface area (Å²) in [4.78, 5) is 61.0. The number of fused-ring (bicyclic) bond motifs is 5. The Kier molecular flexibility index (Phi) is 10.7. The van der Waals surface area contributed by atoms with Gasteiger partial charge in [-0.3, -0.25) is 24.0 Å². The predicted molar refractivity (Wildman–Crippen MR) is 161 cm³/mol. The van der Waals surface area contributed by atoms with E-state index in [0.29, 0.717) is 19.3 Å². The summed E-state index contributed by atoms with van der Waals surface area (Å²) >= 11 is 0. The fourth-order valence-corrected chi connectivity index (χ4v) is 10.1. The van der Waals surface area contributed by atoms with E-state index in [0.717, 1.165) is 38.5 Å². The van der Waals surface area contributed by atoms with Gasteiger partial charge in [0.2, 0.25) is 5.91 Å². The minimum Gasteiger partial charge on any atom is -0.465 e. The average Bonchev–Trinajstić information content (AvgIpc) is 3.29. The molecule has 1 N–H and O–H groups in total. The lowest BCUT2D eigenvalue weighted by atomic mass is 9.43. The van der Waals surface area contributed by atoms with Gasteiger partial charge in [-0.25, -0.2) is 0 Å². The normalized spacial score (nSPS) is 38.2. The molecule has 11 atom stereocenters. The summed E-state index contributed by atoms with van der Waals surface area (Å²) in [5, 5.41) is 2.66. The molecule has 0 aliphatic heterocycles. The van der Waals surface area contributed by atoms with Crippen molar-refractivity contribution in [2.75, 3.05) is 13.2 Å². The van der Waals surface area contributed by atoms with Gasteiger partial charge in [0.15, 0.2) is 0 Å². The largest absolute Gasteiger partial charge is 0.465 e. The van der Waals surface area contributed by atoms with Crippen LogP contribution in [0.3, 0.4) is 0 Å². The number of carbonyl (C=O) groups excluding carboxylic acids is 5. The highest BCUT2D eigenvalue weighted by atomic mass is 16.6. The third kappa shape index (κ3) is 6.94. The average molecular weight is 620 g/mol. The van der Waals surface area contributed by atoms with Crippen molar-refractivity contribution in [3.63, 3.8) is 0 Å². The zero-order valence-corrected chi connectivity index (χ0v) is 27.6. The van der Waals surface area contributed by atoms with Crippen LogP contribution in [-0.4, -0.2) is 61.2 Å². The topological polar surface area (TPSA) is 134 Å². The maximum absolute atomic E-state index is 12.6. The number of hydrogen-bond acceptors (Lipinski definition) is 9. The minimum absolute atomic E-state index is 0.0571. The molecule has 4 rings (SSSR count). The molecule has 0 bridgehead atoms. The first-order valence-electron chi connectivity index (χ1n) is 16.6. The van der Waals surface area contributed by atoms with E-state index in [-0.39, 0.29) is 102 Å². The molecule has 4 aliphatic rings. The van der Waals surface area contributed by atoms with Crippen LogP contribution in [0.4, 0.5) is 0 Å². The van der Waals surface area contributed by atoms with Crippen molar-refractivity contribution in [2.24, 2.45) is 46.3 Å². The summed E-state index contributed by atoms with van der Waals surface area (Å²) in [6.45, 7) is 13.0. The second-order valence-electron chi connectivity index (χ2n) is 14.4. The Bertz CT molecular complexity index is 1110. The van der Waals surface area contributed by atoms with Crippen molar-refractivity contribution in [3.8, 4) is 0 Å². The SMILES string of the molecule is CCOC(=O)CNC(=O)CC[C@@H](C)[C@H]1CC[C@H]2[C@@H]3[C@H](OC(C)=O)C[C@@H]4C[C@H](OC(C)=O)CC[C@]4(C)[C@H]3C[C@H](OC(C)=O)[C@]12C. The first-order chi connectivity index (χ1) is 20.7. The standard InChI is InChI=1S/C34H53NO9/c1-8-41-31(40)18-35-30(39)12-9-19(2)25-10-11-26-32-27(17-29(34(25,26)7)44-22(5)38)33(6)14-13-24(42-20(3)36)15-23(33)16-28(32)43-21(4)37/h19,23-29,32H,8-18H2,1-7H3,(H,35,39)/t19-,23+,24-,25-,26+,27+,28-,29+,32+,33+,34-/m1/s1. The van der Waals surface area contributed by atoms with Gasteiger partial charge in [0.1, 0.15) is 24.9 Å². The molecule has 0 unspecified atom stereocenters. The van der Waals surface area contributed by atoms with E-state index >= 15 is 0 Å². The molecule has 0 aromatic rings. The van der Waals surface area contributed by atoms with Gasteiger partial charge in [-0.15, -0.1) is 0 Å². The quantitative estimate of drug-likeness (QED) is 0.271. The fraction of sp³-hybridized carbons (Fsp3) is 0.853. The molecule has 0 aromatic carbocycles. The Hall–Kier alpha value is -2.65. The highest BCUT2D eigenvalue weighted by Gasteiger charge is 2.67. The van der Waals surface area contributed by atoms with Crippen LogP contribution in [0.2, 0.25) is 0 Å². The summed E-state index contributed by atoms with van der Waals surface area (Å²) in [6.07, 6.45) is 6.02. The third-order valence-electron chi connectivity index (χ3n) is 12.0. The minimum atomic E-state index is -0.452. The lowest BCUT2D eigenvalue weighted by Gasteiger charge is -2.64. The highest BCUT2D eigenvalue weighted by molar-refractivity contribution is 5.81. The zero-order chi connectivity index (χ0) is 32.4. The molecular weight excluding hydrogens is 566 g/mol. The van der Waals surface area contributed by atoms with Crippen LogP contribution >= 0.6 is 0 Å². The summed E-state index contributed by atoms with van der Waals surface area (Å²) in [6, 6.07) is 0. The second-order valence-corrected chi connectivity index (χ2v) is 14.4. The van der Waals surface area contributed by atoms with Gasteiger partial charge in [-0.2, -0.15) is 0 Å². The molecule has 248 valence electrons. The van der Waals surface area contributed by atoms with Gasteiger partial charge in [0.05, 0.1) is 6.61 Å². The zero-order valence-electron chi connectivity index (χ0n) is 27.6. The van der Waals surface area contributed by atoms with Crippen molar-refractivity contribution >= 4 is 29.8 Å². The first kappa shape index (κ1) is 34.2. The van der Waals surface area contributed by atoms with E-state index in [1.54, 1.807) is 6.92 Å². The van der Waals surface area contributed by atoms with Gasteiger partial charge >= 0.3 is 23.9 Å². The maximum Gasteiger partial charge on any atom is 0.325 e. The molecule has 4 fully saturated rings.